The molecule has 0 fully saturated rings. The van der Waals surface area contributed by atoms with Gasteiger partial charge in [0.15, 0.2) is 13.2 Å². The minimum Gasteiger partial charge on any atom is -0.483 e. The average molecular weight is 471 g/mol. The predicted molar refractivity (Wildman–Crippen MR) is 119 cm³/mol. The number of carbonyl (C=O) groups excluding carboxylic acids is 2. The second kappa shape index (κ2) is 10.1. The van der Waals surface area contributed by atoms with Gasteiger partial charge in [0.2, 0.25) is 0 Å². The quantitative estimate of drug-likeness (QED) is 0.503. The van der Waals surface area contributed by atoms with E-state index in [4.69, 9.17) is 9.47 Å². The van der Waals surface area contributed by atoms with Crippen LogP contribution in [0.4, 0.5) is 0 Å². The van der Waals surface area contributed by atoms with Crippen molar-refractivity contribution >= 4 is 38.5 Å². The molecule has 0 radical (unpaired) electrons. The molecule has 2 N–H and O–H groups in total. The van der Waals surface area contributed by atoms with Crippen LogP contribution in [-0.4, -0.2) is 25.0 Å². The molecule has 3 aromatic carbocycles. The second-order valence-electron chi connectivity index (χ2n) is 7.00. The number of rotatable bonds is 7. The van der Waals surface area contributed by atoms with E-state index in [1.807, 2.05) is 54.6 Å². The van der Waals surface area contributed by atoms with Crippen LogP contribution in [0.3, 0.4) is 0 Å². The van der Waals surface area contributed by atoms with Gasteiger partial charge in [0, 0.05) is 5.39 Å². The molecule has 0 aromatic heterocycles. The van der Waals surface area contributed by atoms with Crippen molar-refractivity contribution < 1.29 is 19.1 Å². The normalized spacial score (nSPS) is 10.7. The summed E-state index contributed by atoms with van der Waals surface area (Å²) < 4.78 is 11.9. The Morgan fingerprint density at radius 1 is 0.867 bits per heavy atom. The van der Waals surface area contributed by atoms with Gasteiger partial charge >= 0.3 is 0 Å². The molecule has 3 rings (SSSR count). The van der Waals surface area contributed by atoms with E-state index in [1.54, 1.807) is 6.07 Å². The van der Waals surface area contributed by atoms with Gasteiger partial charge in [0.25, 0.3) is 11.8 Å². The topological polar surface area (TPSA) is 76.7 Å². The fourth-order valence-electron chi connectivity index (χ4n) is 2.81. The second-order valence-corrected chi connectivity index (χ2v) is 7.85. The Morgan fingerprint density at radius 2 is 1.50 bits per heavy atom. The third kappa shape index (κ3) is 5.73. The van der Waals surface area contributed by atoms with Crippen LogP contribution < -0.4 is 20.3 Å². The zero-order chi connectivity index (χ0) is 21.5. The van der Waals surface area contributed by atoms with Gasteiger partial charge in [-0.3, -0.25) is 20.4 Å². The number of hydrogen-bond donors (Lipinski definition) is 2. The Labute approximate surface area is 183 Å². The summed E-state index contributed by atoms with van der Waals surface area (Å²) in [6, 6.07) is 19.1. The molecule has 0 bridgehead atoms. The predicted octanol–water partition coefficient (Wildman–Crippen LogP) is 4.33. The van der Waals surface area contributed by atoms with Crippen LogP contribution in [0.5, 0.6) is 11.5 Å². The van der Waals surface area contributed by atoms with Crippen LogP contribution in [0.1, 0.15) is 25.3 Å². The maximum Gasteiger partial charge on any atom is 0.276 e. The number of nitrogens with one attached hydrogen (secondary N) is 2. The first-order chi connectivity index (χ1) is 14.4. The molecule has 0 atom stereocenters. The number of hydrogen-bond acceptors (Lipinski definition) is 4. The molecule has 0 saturated carbocycles. The Kier molecular flexibility index (Phi) is 7.30. The van der Waals surface area contributed by atoms with Gasteiger partial charge in [-0.05, 0) is 51.0 Å². The number of carbonyl (C=O) groups is 2. The van der Waals surface area contributed by atoms with E-state index in [1.165, 1.54) is 0 Å². The smallest absolute Gasteiger partial charge is 0.276 e. The average Bonchev–Trinajstić information content (AvgIpc) is 2.75. The highest BCUT2D eigenvalue weighted by molar-refractivity contribution is 9.10. The van der Waals surface area contributed by atoms with Crippen molar-refractivity contribution in [3.8, 4) is 11.5 Å². The fraction of sp³-hybridized carbons (Fsp3) is 0.217. The van der Waals surface area contributed by atoms with Crippen LogP contribution in [0.15, 0.2) is 65.1 Å². The van der Waals surface area contributed by atoms with Gasteiger partial charge in [0.05, 0.1) is 4.47 Å². The molecule has 0 unspecified atom stereocenters. The Balaban J connectivity index is 1.44. The number of fused-ring (bicyclic) bond motifs is 1. The number of amides is 2. The maximum atomic E-state index is 12.0. The maximum absolute atomic E-state index is 12.0. The lowest BCUT2D eigenvalue weighted by Gasteiger charge is -2.12. The summed E-state index contributed by atoms with van der Waals surface area (Å²) in [5, 5.41) is 1.94. The van der Waals surface area contributed by atoms with E-state index < -0.39 is 11.8 Å². The standard InChI is InChI=1S/C23H23BrN2O4/c1-15(2)17-10-11-21(19(24)12-17)30-14-23(28)26-25-22(27)13-29-20-9-5-7-16-6-3-4-8-18(16)20/h3-12,15H,13-14H2,1-2H3,(H,25,27)(H,26,28). The highest BCUT2D eigenvalue weighted by atomic mass is 79.9. The zero-order valence-corrected chi connectivity index (χ0v) is 18.4. The van der Waals surface area contributed by atoms with E-state index in [-0.39, 0.29) is 13.2 Å². The van der Waals surface area contributed by atoms with Crippen molar-refractivity contribution in [1.82, 2.24) is 10.9 Å². The third-order valence-corrected chi connectivity index (χ3v) is 5.05. The van der Waals surface area contributed by atoms with Crippen LogP contribution >= 0.6 is 15.9 Å². The highest BCUT2D eigenvalue weighted by Crippen LogP contribution is 2.29. The molecule has 0 heterocycles. The summed E-state index contributed by atoms with van der Waals surface area (Å²) >= 11 is 3.44. The van der Waals surface area contributed by atoms with E-state index in [2.05, 4.69) is 40.6 Å². The Bertz CT molecular complexity index is 1050. The van der Waals surface area contributed by atoms with Crippen molar-refractivity contribution in [2.45, 2.75) is 19.8 Å². The summed E-state index contributed by atoms with van der Waals surface area (Å²) in [6.45, 7) is 3.74. The molecule has 0 saturated heterocycles. The van der Waals surface area contributed by atoms with Gasteiger partial charge in [-0.2, -0.15) is 0 Å². The van der Waals surface area contributed by atoms with Gasteiger partial charge in [0.1, 0.15) is 11.5 Å². The van der Waals surface area contributed by atoms with E-state index in [9.17, 15) is 9.59 Å². The minimum atomic E-state index is -0.478. The summed E-state index contributed by atoms with van der Waals surface area (Å²) in [5.41, 5.74) is 5.80. The van der Waals surface area contributed by atoms with Crippen molar-refractivity contribution in [2.24, 2.45) is 0 Å². The zero-order valence-electron chi connectivity index (χ0n) is 16.8. The molecule has 0 aliphatic carbocycles. The molecule has 7 heteroatoms. The SMILES string of the molecule is CC(C)c1ccc(OCC(=O)NNC(=O)COc2cccc3ccccc23)c(Br)c1. The van der Waals surface area contributed by atoms with E-state index >= 15 is 0 Å². The third-order valence-electron chi connectivity index (χ3n) is 4.43. The summed E-state index contributed by atoms with van der Waals surface area (Å²) in [5.74, 6) is 0.602. The molecule has 2 amide bonds. The van der Waals surface area contributed by atoms with Crippen molar-refractivity contribution in [3.63, 3.8) is 0 Å². The fourth-order valence-corrected chi connectivity index (χ4v) is 3.32. The van der Waals surface area contributed by atoms with Gasteiger partial charge in [-0.15, -0.1) is 0 Å². The first-order valence-corrected chi connectivity index (χ1v) is 10.3. The minimum absolute atomic E-state index is 0.225. The monoisotopic (exact) mass is 470 g/mol. The van der Waals surface area contributed by atoms with Crippen molar-refractivity contribution in [2.75, 3.05) is 13.2 Å². The molecule has 156 valence electrons. The van der Waals surface area contributed by atoms with Crippen LogP contribution in [-0.2, 0) is 9.59 Å². The lowest BCUT2D eigenvalue weighted by molar-refractivity contribution is -0.130. The molecular formula is C23H23BrN2O4. The van der Waals surface area contributed by atoms with Gasteiger partial charge in [-0.25, -0.2) is 0 Å². The summed E-state index contributed by atoms with van der Waals surface area (Å²) in [6.07, 6.45) is 0. The summed E-state index contributed by atoms with van der Waals surface area (Å²) in [7, 11) is 0. The first kappa shape index (κ1) is 21.6. The largest absolute Gasteiger partial charge is 0.483 e. The molecule has 3 aromatic rings. The lowest BCUT2D eigenvalue weighted by Crippen LogP contribution is -2.45. The van der Waals surface area contributed by atoms with Crippen LogP contribution in [0.25, 0.3) is 10.8 Å². The molecular weight excluding hydrogens is 448 g/mol. The Morgan fingerprint density at radius 3 is 2.17 bits per heavy atom. The first-order valence-electron chi connectivity index (χ1n) is 9.54. The molecule has 30 heavy (non-hydrogen) atoms. The lowest BCUT2D eigenvalue weighted by atomic mass is 10.0. The highest BCUT2D eigenvalue weighted by Gasteiger charge is 2.10. The number of ether oxygens (including phenoxy) is 2. The van der Waals surface area contributed by atoms with Crippen LogP contribution in [0.2, 0.25) is 0 Å². The van der Waals surface area contributed by atoms with Gasteiger partial charge in [-0.1, -0.05) is 56.3 Å². The number of hydrazine groups is 1. The van der Waals surface area contributed by atoms with E-state index in [0.717, 1.165) is 20.8 Å². The van der Waals surface area contributed by atoms with E-state index in [0.29, 0.717) is 17.4 Å². The van der Waals surface area contributed by atoms with Gasteiger partial charge < -0.3 is 9.47 Å². The van der Waals surface area contributed by atoms with Crippen molar-refractivity contribution in [3.05, 3.63) is 70.7 Å². The molecule has 0 spiro atoms. The molecule has 0 aliphatic heterocycles. The number of halogens is 1. The number of benzene rings is 3. The van der Waals surface area contributed by atoms with Crippen molar-refractivity contribution in [1.29, 1.82) is 0 Å². The molecule has 6 nitrogen and oxygen atoms in total. The van der Waals surface area contributed by atoms with Crippen LogP contribution in [0, 0.1) is 0 Å². The molecule has 0 aliphatic rings. The Hall–Kier alpha value is -3.06. The summed E-state index contributed by atoms with van der Waals surface area (Å²) in [4.78, 5) is 23.9.